The predicted octanol–water partition coefficient (Wildman–Crippen LogP) is 2.53. The SMILES string of the molecule is C=CCN(c1ccccc1OC)S(=O)(=O)c1cccc(C(=O)OCC(=O)NC[C@H]2CCCO2)c1. The van der Waals surface area contributed by atoms with E-state index in [2.05, 4.69) is 11.9 Å². The molecule has 1 fully saturated rings. The van der Waals surface area contributed by atoms with Crippen LogP contribution in [0.5, 0.6) is 5.75 Å². The molecule has 0 aromatic heterocycles. The first kappa shape index (κ1) is 25.3. The van der Waals surface area contributed by atoms with Gasteiger partial charge >= 0.3 is 5.97 Å². The van der Waals surface area contributed by atoms with E-state index in [1.165, 1.54) is 37.5 Å². The molecule has 9 nitrogen and oxygen atoms in total. The molecule has 1 aliphatic heterocycles. The Labute approximate surface area is 199 Å². The number of para-hydroxylation sites is 2. The van der Waals surface area contributed by atoms with Crippen molar-refractivity contribution in [2.24, 2.45) is 0 Å². The maximum absolute atomic E-state index is 13.4. The summed E-state index contributed by atoms with van der Waals surface area (Å²) in [5, 5.41) is 2.66. The van der Waals surface area contributed by atoms with E-state index in [0.29, 0.717) is 24.6 Å². The molecule has 10 heteroatoms. The fraction of sp³-hybridized carbons (Fsp3) is 0.333. The minimum atomic E-state index is -4.07. The minimum absolute atomic E-state index is 0.00609. The molecule has 1 amide bonds. The first-order chi connectivity index (χ1) is 16.4. The van der Waals surface area contributed by atoms with Gasteiger partial charge in [-0.3, -0.25) is 9.10 Å². The number of nitrogens with zero attached hydrogens (tertiary/aromatic N) is 1. The standard InChI is InChI=1S/C24H28N2O7S/c1-3-13-26(21-11-4-5-12-22(21)31-2)34(29,30)20-10-6-8-18(15-20)24(28)33-17-23(27)25-16-19-9-7-14-32-19/h3-6,8,10-12,15,19H,1,7,9,13-14,16-17H2,2H3,(H,25,27)/t19-/m1/s1. The Balaban J connectivity index is 1.72. The number of hydrogen-bond acceptors (Lipinski definition) is 7. The molecular formula is C24H28N2O7S. The van der Waals surface area contributed by atoms with Crippen LogP contribution < -0.4 is 14.4 Å². The average molecular weight is 489 g/mol. The van der Waals surface area contributed by atoms with Gasteiger partial charge in [0, 0.05) is 13.2 Å². The van der Waals surface area contributed by atoms with E-state index in [1.807, 2.05) is 0 Å². The molecule has 0 radical (unpaired) electrons. The highest BCUT2D eigenvalue weighted by molar-refractivity contribution is 7.92. The second kappa shape index (κ2) is 11.7. The predicted molar refractivity (Wildman–Crippen MR) is 126 cm³/mol. The van der Waals surface area contributed by atoms with Crippen LogP contribution in [0.25, 0.3) is 0 Å². The molecule has 0 aliphatic carbocycles. The molecule has 0 saturated carbocycles. The average Bonchev–Trinajstić information content (AvgIpc) is 3.38. The van der Waals surface area contributed by atoms with Crippen LogP contribution in [0.3, 0.4) is 0 Å². The topological polar surface area (TPSA) is 111 Å². The first-order valence-electron chi connectivity index (χ1n) is 10.8. The van der Waals surface area contributed by atoms with Crippen molar-refractivity contribution in [1.29, 1.82) is 0 Å². The van der Waals surface area contributed by atoms with E-state index in [0.717, 1.165) is 17.1 Å². The van der Waals surface area contributed by atoms with Crippen LogP contribution in [0.1, 0.15) is 23.2 Å². The lowest BCUT2D eigenvalue weighted by Crippen LogP contribution is -2.34. The normalized spacial score (nSPS) is 15.4. The number of carbonyl (C=O) groups is 2. The molecule has 0 bridgehead atoms. The molecule has 1 aliphatic rings. The highest BCUT2D eigenvalue weighted by atomic mass is 32.2. The summed E-state index contributed by atoms with van der Waals surface area (Å²) in [7, 11) is -2.62. The Bertz CT molecular complexity index is 1130. The molecule has 2 aromatic carbocycles. The second-order valence-electron chi connectivity index (χ2n) is 7.54. The molecule has 1 atom stereocenters. The summed E-state index contributed by atoms with van der Waals surface area (Å²) >= 11 is 0. The van der Waals surface area contributed by atoms with Gasteiger partial charge in [-0.25, -0.2) is 13.2 Å². The molecule has 0 unspecified atom stereocenters. The minimum Gasteiger partial charge on any atom is -0.495 e. The van der Waals surface area contributed by atoms with Crippen LogP contribution in [-0.2, 0) is 24.3 Å². The molecule has 1 N–H and O–H groups in total. The zero-order chi connectivity index (χ0) is 24.6. The Morgan fingerprint density at radius 3 is 2.74 bits per heavy atom. The Hall–Kier alpha value is -3.37. The van der Waals surface area contributed by atoms with Gasteiger partial charge in [-0.05, 0) is 43.2 Å². The monoisotopic (exact) mass is 488 g/mol. The molecule has 182 valence electrons. The summed E-state index contributed by atoms with van der Waals surface area (Å²) < 4.78 is 43.8. The van der Waals surface area contributed by atoms with Crippen molar-refractivity contribution in [1.82, 2.24) is 5.32 Å². The van der Waals surface area contributed by atoms with E-state index in [4.69, 9.17) is 14.2 Å². The van der Waals surface area contributed by atoms with E-state index < -0.39 is 28.5 Å². The smallest absolute Gasteiger partial charge is 0.338 e. The zero-order valence-electron chi connectivity index (χ0n) is 18.9. The second-order valence-corrected chi connectivity index (χ2v) is 9.40. The maximum Gasteiger partial charge on any atom is 0.338 e. The fourth-order valence-corrected chi connectivity index (χ4v) is 4.98. The van der Waals surface area contributed by atoms with Gasteiger partial charge in [-0.1, -0.05) is 24.3 Å². The van der Waals surface area contributed by atoms with Gasteiger partial charge in [0.05, 0.1) is 35.9 Å². The quantitative estimate of drug-likeness (QED) is 0.382. The number of ether oxygens (including phenoxy) is 3. The van der Waals surface area contributed by atoms with Gasteiger partial charge in [-0.15, -0.1) is 6.58 Å². The van der Waals surface area contributed by atoms with E-state index in [-0.39, 0.29) is 23.1 Å². The van der Waals surface area contributed by atoms with Crippen LogP contribution >= 0.6 is 0 Å². The van der Waals surface area contributed by atoms with Crippen molar-refractivity contribution in [3.63, 3.8) is 0 Å². The van der Waals surface area contributed by atoms with Crippen LogP contribution in [0, 0.1) is 0 Å². The molecule has 1 saturated heterocycles. The zero-order valence-corrected chi connectivity index (χ0v) is 19.8. The summed E-state index contributed by atoms with van der Waals surface area (Å²) in [4.78, 5) is 24.3. The van der Waals surface area contributed by atoms with Crippen molar-refractivity contribution < 1.29 is 32.2 Å². The Morgan fingerprint density at radius 1 is 1.24 bits per heavy atom. The number of amides is 1. The molecule has 0 spiro atoms. The number of carbonyl (C=O) groups excluding carboxylic acids is 2. The lowest BCUT2D eigenvalue weighted by Gasteiger charge is -2.25. The van der Waals surface area contributed by atoms with Crippen molar-refractivity contribution in [3.8, 4) is 5.75 Å². The van der Waals surface area contributed by atoms with Gasteiger partial charge in [0.2, 0.25) is 0 Å². The molecule has 2 aromatic rings. The van der Waals surface area contributed by atoms with Gasteiger partial charge in [-0.2, -0.15) is 0 Å². The number of methoxy groups -OCH3 is 1. The summed E-state index contributed by atoms with van der Waals surface area (Å²) in [5.74, 6) is -0.893. The summed E-state index contributed by atoms with van der Waals surface area (Å²) in [5.41, 5.74) is 0.340. The molecular weight excluding hydrogens is 460 g/mol. The lowest BCUT2D eigenvalue weighted by atomic mass is 10.2. The number of benzene rings is 2. The Kier molecular flexibility index (Phi) is 8.67. The number of nitrogens with one attached hydrogen (secondary N) is 1. The molecule has 34 heavy (non-hydrogen) atoms. The van der Waals surface area contributed by atoms with E-state index in [1.54, 1.807) is 24.3 Å². The highest BCUT2D eigenvalue weighted by Crippen LogP contribution is 2.32. The van der Waals surface area contributed by atoms with Crippen LogP contribution in [0.15, 0.2) is 66.1 Å². The lowest BCUT2D eigenvalue weighted by molar-refractivity contribution is -0.124. The first-order valence-corrected chi connectivity index (χ1v) is 12.2. The fourth-order valence-electron chi connectivity index (χ4n) is 3.49. The third kappa shape index (κ3) is 6.15. The summed E-state index contributed by atoms with van der Waals surface area (Å²) in [6.07, 6.45) is 3.26. The van der Waals surface area contributed by atoms with Gasteiger partial charge in [0.15, 0.2) is 6.61 Å². The number of sulfonamides is 1. The van der Waals surface area contributed by atoms with Gasteiger partial charge in [0.1, 0.15) is 5.75 Å². The van der Waals surface area contributed by atoms with Crippen LogP contribution in [0.2, 0.25) is 0 Å². The summed E-state index contributed by atoms with van der Waals surface area (Å²) in [6, 6.07) is 12.2. The third-order valence-electron chi connectivity index (χ3n) is 5.19. The van der Waals surface area contributed by atoms with Crippen molar-refractivity contribution in [2.45, 2.75) is 23.8 Å². The van der Waals surface area contributed by atoms with E-state index >= 15 is 0 Å². The van der Waals surface area contributed by atoms with E-state index in [9.17, 15) is 18.0 Å². The largest absolute Gasteiger partial charge is 0.495 e. The van der Waals surface area contributed by atoms with Crippen LogP contribution in [0.4, 0.5) is 5.69 Å². The maximum atomic E-state index is 13.4. The van der Waals surface area contributed by atoms with Gasteiger partial charge in [0.25, 0.3) is 15.9 Å². The third-order valence-corrected chi connectivity index (χ3v) is 6.97. The number of hydrogen-bond donors (Lipinski definition) is 1. The Morgan fingerprint density at radius 2 is 2.03 bits per heavy atom. The summed E-state index contributed by atoms with van der Waals surface area (Å²) in [6.45, 7) is 4.19. The number of esters is 1. The highest BCUT2D eigenvalue weighted by Gasteiger charge is 2.27. The van der Waals surface area contributed by atoms with Crippen molar-refractivity contribution in [3.05, 3.63) is 66.7 Å². The van der Waals surface area contributed by atoms with Crippen LogP contribution in [-0.4, -0.2) is 59.8 Å². The van der Waals surface area contributed by atoms with Crippen molar-refractivity contribution in [2.75, 3.05) is 37.7 Å². The molecule has 1 heterocycles. The molecule has 3 rings (SSSR count). The number of anilines is 1. The number of rotatable bonds is 11. The van der Waals surface area contributed by atoms with Gasteiger partial charge < -0.3 is 19.5 Å². The van der Waals surface area contributed by atoms with Crippen molar-refractivity contribution >= 4 is 27.6 Å².